The van der Waals surface area contributed by atoms with E-state index >= 15 is 0 Å². The van der Waals surface area contributed by atoms with Crippen LogP contribution in [-0.2, 0) is 19.0 Å². The fourth-order valence-electron chi connectivity index (χ4n) is 2.76. The van der Waals surface area contributed by atoms with Gasteiger partial charge >= 0.3 is 12.1 Å². The van der Waals surface area contributed by atoms with Crippen LogP contribution in [0.15, 0.2) is 46.9 Å². The Bertz CT molecular complexity index is 957. The molecule has 3 rings (SSSR count). The fraction of sp³-hybridized carbons (Fsp3) is 0.211. The minimum absolute atomic E-state index is 0.151. The molecule has 0 atom stereocenters. The van der Waals surface area contributed by atoms with E-state index in [9.17, 15) is 18.0 Å². The summed E-state index contributed by atoms with van der Waals surface area (Å²) >= 11 is 0. The van der Waals surface area contributed by atoms with E-state index in [4.69, 9.17) is 14.3 Å². The van der Waals surface area contributed by atoms with Gasteiger partial charge in [-0.05, 0) is 48.2 Å². The molecule has 0 saturated heterocycles. The molecule has 0 bridgehead atoms. The first-order chi connectivity index (χ1) is 12.3. The first kappa shape index (κ1) is 17.8. The summed E-state index contributed by atoms with van der Waals surface area (Å²) in [5.74, 6) is -1.51. The van der Waals surface area contributed by atoms with Crippen LogP contribution in [0.1, 0.15) is 27.2 Å². The van der Waals surface area contributed by atoms with Crippen molar-refractivity contribution in [1.82, 2.24) is 0 Å². The molecule has 0 aliphatic rings. The number of fused-ring (bicyclic) bond motifs is 1. The first-order valence-corrected chi connectivity index (χ1v) is 7.78. The number of carbonyl (C=O) groups is 1. The lowest BCUT2D eigenvalue weighted by Gasteiger charge is -2.13. The smallest absolute Gasteiger partial charge is 0.419 e. The van der Waals surface area contributed by atoms with Crippen LogP contribution in [0.25, 0.3) is 11.0 Å². The van der Waals surface area contributed by atoms with E-state index < -0.39 is 17.7 Å². The van der Waals surface area contributed by atoms with Gasteiger partial charge in [-0.25, -0.2) is 4.79 Å². The number of carboxylic acids is 1. The molecule has 1 N–H and O–H groups in total. The van der Waals surface area contributed by atoms with Crippen molar-refractivity contribution in [1.29, 1.82) is 0 Å². The number of ether oxygens (including phenoxy) is 1. The Labute approximate surface area is 146 Å². The van der Waals surface area contributed by atoms with Crippen LogP contribution in [0.3, 0.4) is 0 Å². The molecule has 1 heterocycles. The maximum atomic E-state index is 13.1. The Morgan fingerprint density at radius 2 is 1.73 bits per heavy atom. The summed E-state index contributed by atoms with van der Waals surface area (Å²) in [6.07, 6.45) is -3.60. The summed E-state index contributed by atoms with van der Waals surface area (Å²) in [4.78, 5) is 10.9. The van der Waals surface area contributed by atoms with Crippen LogP contribution in [0.4, 0.5) is 13.2 Å². The Balaban J connectivity index is 1.80. The quantitative estimate of drug-likeness (QED) is 0.696. The zero-order valence-electron chi connectivity index (χ0n) is 13.8. The number of carboxylic acid groups (broad SMARTS) is 1. The lowest BCUT2D eigenvalue weighted by Crippen LogP contribution is -2.08. The zero-order valence-corrected chi connectivity index (χ0v) is 13.8. The first-order valence-electron chi connectivity index (χ1n) is 7.78. The molecule has 0 unspecified atom stereocenters. The minimum Gasteiger partial charge on any atom is -0.496 e. The van der Waals surface area contributed by atoms with Gasteiger partial charge in [-0.15, -0.1) is 0 Å². The van der Waals surface area contributed by atoms with E-state index in [0.29, 0.717) is 29.4 Å². The Kier molecular flexibility index (Phi) is 4.63. The molecule has 2 aromatic carbocycles. The monoisotopic (exact) mass is 364 g/mol. The van der Waals surface area contributed by atoms with E-state index in [-0.39, 0.29) is 11.5 Å². The maximum absolute atomic E-state index is 13.1. The van der Waals surface area contributed by atoms with Crippen molar-refractivity contribution in [3.05, 3.63) is 64.9 Å². The van der Waals surface area contributed by atoms with Crippen LogP contribution in [0.5, 0.6) is 5.75 Å². The molecule has 3 aromatic rings. The van der Waals surface area contributed by atoms with Gasteiger partial charge in [-0.1, -0.05) is 18.2 Å². The minimum atomic E-state index is -4.48. The van der Waals surface area contributed by atoms with E-state index in [1.54, 1.807) is 24.3 Å². The van der Waals surface area contributed by atoms with Crippen LogP contribution in [0.2, 0.25) is 0 Å². The van der Waals surface area contributed by atoms with E-state index in [1.165, 1.54) is 19.2 Å². The number of furan rings is 1. The second-order valence-electron chi connectivity index (χ2n) is 5.82. The number of rotatable bonds is 5. The number of methoxy groups -OCH3 is 1. The van der Waals surface area contributed by atoms with Gasteiger partial charge in [0, 0.05) is 5.39 Å². The van der Waals surface area contributed by atoms with Crippen molar-refractivity contribution in [2.45, 2.75) is 19.0 Å². The van der Waals surface area contributed by atoms with Crippen molar-refractivity contribution >= 4 is 16.9 Å². The van der Waals surface area contributed by atoms with E-state index in [1.807, 2.05) is 0 Å². The lowest BCUT2D eigenvalue weighted by molar-refractivity contribution is -0.138. The standard InChI is InChI=1S/C19H15F3O4/c1-25-15-7-5-11(8-14(15)19(20,21)22)2-3-12-4-6-13-10-17(18(23)24)26-16(13)9-12/h4-10H,2-3H2,1H3,(H,23,24). The van der Waals surface area contributed by atoms with Crippen molar-refractivity contribution < 1.29 is 32.2 Å². The molecule has 136 valence electrons. The molecular weight excluding hydrogens is 349 g/mol. The molecule has 0 amide bonds. The van der Waals surface area contributed by atoms with Crippen LogP contribution >= 0.6 is 0 Å². The third-order valence-corrected chi connectivity index (χ3v) is 4.07. The largest absolute Gasteiger partial charge is 0.496 e. The van der Waals surface area contributed by atoms with Gasteiger partial charge in [0.25, 0.3) is 0 Å². The van der Waals surface area contributed by atoms with E-state index in [2.05, 4.69) is 0 Å². The highest BCUT2D eigenvalue weighted by atomic mass is 19.4. The molecule has 1 aromatic heterocycles. The normalized spacial score (nSPS) is 11.7. The molecule has 4 nitrogen and oxygen atoms in total. The second kappa shape index (κ2) is 6.74. The number of benzene rings is 2. The van der Waals surface area contributed by atoms with E-state index in [0.717, 1.165) is 11.6 Å². The van der Waals surface area contributed by atoms with Gasteiger partial charge in [-0.3, -0.25) is 0 Å². The number of aryl methyl sites for hydroxylation is 2. The zero-order chi connectivity index (χ0) is 18.9. The van der Waals surface area contributed by atoms with Crippen LogP contribution < -0.4 is 4.74 Å². The maximum Gasteiger partial charge on any atom is 0.419 e. The molecule has 0 fully saturated rings. The molecule has 0 radical (unpaired) electrons. The summed E-state index contributed by atoms with van der Waals surface area (Å²) in [6, 6.07) is 10.7. The van der Waals surface area contributed by atoms with Crippen molar-refractivity contribution in [2.24, 2.45) is 0 Å². The Morgan fingerprint density at radius 1 is 1.08 bits per heavy atom. The number of hydrogen-bond donors (Lipinski definition) is 1. The third-order valence-electron chi connectivity index (χ3n) is 4.07. The number of halogens is 3. The number of aromatic carboxylic acids is 1. The topological polar surface area (TPSA) is 59.7 Å². The SMILES string of the molecule is COc1ccc(CCc2ccc3cc(C(=O)O)oc3c2)cc1C(F)(F)F. The Hall–Kier alpha value is -2.96. The molecule has 0 aliphatic carbocycles. The summed E-state index contributed by atoms with van der Waals surface area (Å²) in [5.41, 5.74) is 1.01. The highest BCUT2D eigenvalue weighted by molar-refractivity contribution is 5.91. The fourth-order valence-corrected chi connectivity index (χ4v) is 2.76. The van der Waals surface area contributed by atoms with Crippen LogP contribution in [-0.4, -0.2) is 18.2 Å². The average molecular weight is 364 g/mol. The molecule has 26 heavy (non-hydrogen) atoms. The van der Waals surface area contributed by atoms with Gasteiger partial charge in [0.15, 0.2) is 0 Å². The third kappa shape index (κ3) is 3.66. The highest BCUT2D eigenvalue weighted by Crippen LogP contribution is 2.36. The summed E-state index contributed by atoms with van der Waals surface area (Å²) in [7, 11) is 1.20. The number of alkyl halides is 3. The van der Waals surface area contributed by atoms with Gasteiger partial charge in [-0.2, -0.15) is 13.2 Å². The summed E-state index contributed by atoms with van der Waals surface area (Å²) < 4.78 is 49.3. The molecule has 0 saturated carbocycles. The van der Waals surface area contributed by atoms with Gasteiger partial charge in [0.1, 0.15) is 11.3 Å². The van der Waals surface area contributed by atoms with Crippen molar-refractivity contribution in [3.63, 3.8) is 0 Å². The van der Waals surface area contributed by atoms with Gasteiger partial charge in [0.05, 0.1) is 12.7 Å². The molecular formula is C19H15F3O4. The Morgan fingerprint density at radius 3 is 2.35 bits per heavy atom. The van der Waals surface area contributed by atoms with Crippen molar-refractivity contribution in [2.75, 3.05) is 7.11 Å². The predicted octanol–water partition coefficient (Wildman–Crippen LogP) is 4.94. The highest BCUT2D eigenvalue weighted by Gasteiger charge is 2.34. The predicted molar refractivity (Wildman–Crippen MR) is 88.6 cm³/mol. The number of hydrogen-bond acceptors (Lipinski definition) is 3. The van der Waals surface area contributed by atoms with Crippen molar-refractivity contribution in [3.8, 4) is 5.75 Å². The van der Waals surface area contributed by atoms with Gasteiger partial charge < -0.3 is 14.3 Å². The second-order valence-corrected chi connectivity index (χ2v) is 5.82. The van der Waals surface area contributed by atoms with Crippen LogP contribution in [0, 0.1) is 0 Å². The molecule has 0 spiro atoms. The van der Waals surface area contributed by atoms with Gasteiger partial charge in [0.2, 0.25) is 5.76 Å². The summed E-state index contributed by atoms with van der Waals surface area (Å²) in [6.45, 7) is 0. The molecule has 7 heteroatoms. The lowest BCUT2D eigenvalue weighted by atomic mass is 10.0. The molecule has 0 aliphatic heterocycles. The summed E-state index contributed by atoms with van der Waals surface area (Å²) in [5, 5.41) is 9.61. The average Bonchev–Trinajstić information content (AvgIpc) is 3.02.